The first kappa shape index (κ1) is 11.9. The van der Waals surface area contributed by atoms with Gasteiger partial charge in [0.05, 0.1) is 12.5 Å². The Bertz CT molecular complexity index is 551. The lowest BCUT2D eigenvalue weighted by atomic mass is 10.1. The van der Waals surface area contributed by atoms with Gasteiger partial charge in [-0.1, -0.05) is 33.2 Å². The second-order valence-corrected chi connectivity index (χ2v) is 5.55. The average molecular weight is 309 g/mol. The quantitative estimate of drug-likeness (QED) is 0.943. The Hall–Kier alpha value is -1.20. The van der Waals surface area contributed by atoms with Crippen LogP contribution >= 0.6 is 15.9 Å². The Morgan fingerprint density at radius 3 is 3.00 bits per heavy atom. The number of nitrogens with zero attached hydrogens (tertiary/aromatic N) is 2. The summed E-state index contributed by atoms with van der Waals surface area (Å²) in [6, 6.07) is 7.73. The summed E-state index contributed by atoms with van der Waals surface area (Å²) in [6.07, 6.45) is 2.31. The van der Waals surface area contributed by atoms with E-state index in [0.717, 1.165) is 22.9 Å². The van der Waals surface area contributed by atoms with Crippen molar-refractivity contribution in [2.45, 2.75) is 25.4 Å². The molecule has 1 atom stereocenters. The summed E-state index contributed by atoms with van der Waals surface area (Å²) in [7, 11) is 0. The van der Waals surface area contributed by atoms with Crippen molar-refractivity contribution in [2.24, 2.45) is 5.92 Å². The molecule has 1 unspecified atom stereocenters. The van der Waals surface area contributed by atoms with E-state index in [1.54, 1.807) is 0 Å². The molecule has 1 aliphatic carbocycles. The number of hydrogen-bond acceptors (Lipinski definition) is 4. The second-order valence-electron chi connectivity index (χ2n) is 4.63. The lowest BCUT2D eigenvalue weighted by molar-refractivity contribution is 0.140. The van der Waals surface area contributed by atoms with Crippen LogP contribution < -0.4 is 0 Å². The Morgan fingerprint density at radius 1 is 1.44 bits per heavy atom. The first-order valence-corrected chi connectivity index (χ1v) is 6.78. The topological polar surface area (TPSA) is 59.2 Å². The van der Waals surface area contributed by atoms with E-state index in [1.165, 1.54) is 0 Å². The van der Waals surface area contributed by atoms with Gasteiger partial charge in [0, 0.05) is 10.0 Å². The second kappa shape index (κ2) is 4.82. The molecule has 1 aliphatic rings. The molecule has 4 nitrogen and oxygen atoms in total. The van der Waals surface area contributed by atoms with Crippen LogP contribution in [0.2, 0.25) is 0 Å². The van der Waals surface area contributed by atoms with Gasteiger partial charge in [-0.15, -0.1) is 0 Å². The number of aliphatic hydroxyl groups is 1. The van der Waals surface area contributed by atoms with Crippen LogP contribution in [0.15, 0.2) is 33.3 Å². The average Bonchev–Trinajstić information content (AvgIpc) is 3.10. The molecule has 1 N–H and O–H groups in total. The summed E-state index contributed by atoms with van der Waals surface area (Å²) in [5.74, 6) is 1.49. The lowest BCUT2D eigenvalue weighted by Gasteiger charge is -2.03. The third kappa shape index (κ3) is 2.62. The fraction of sp³-hybridized carbons (Fsp3) is 0.385. The molecular formula is C13H13BrN2O2. The Balaban J connectivity index is 1.76. The highest BCUT2D eigenvalue weighted by Crippen LogP contribution is 2.34. The van der Waals surface area contributed by atoms with Gasteiger partial charge in [0.1, 0.15) is 0 Å². The molecule has 0 bridgehead atoms. The normalized spacial score (nSPS) is 16.8. The minimum atomic E-state index is -0.346. The van der Waals surface area contributed by atoms with Crippen LogP contribution in [0.1, 0.15) is 18.7 Å². The standard InChI is InChI=1S/C13H13BrN2O2/c14-10-3-1-2-9(6-10)13-15-12(18-16-13)7-11(17)8-4-5-8/h1-3,6,8,11,17H,4-5,7H2. The molecule has 1 heterocycles. The summed E-state index contributed by atoms with van der Waals surface area (Å²) in [4.78, 5) is 4.31. The minimum Gasteiger partial charge on any atom is -0.392 e. The van der Waals surface area contributed by atoms with E-state index < -0.39 is 0 Å². The van der Waals surface area contributed by atoms with Gasteiger partial charge in [0.15, 0.2) is 0 Å². The predicted octanol–water partition coefficient (Wildman–Crippen LogP) is 2.81. The van der Waals surface area contributed by atoms with E-state index in [-0.39, 0.29) is 6.10 Å². The molecule has 0 saturated heterocycles. The van der Waals surface area contributed by atoms with Crippen molar-refractivity contribution in [3.05, 3.63) is 34.6 Å². The molecule has 1 saturated carbocycles. The van der Waals surface area contributed by atoms with E-state index in [2.05, 4.69) is 26.1 Å². The smallest absolute Gasteiger partial charge is 0.229 e. The predicted molar refractivity (Wildman–Crippen MR) is 69.9 cm³/mol. The fourth-order valence-corrected chi connectivity index (χ4v) is 2.31. The number of rotatable bonds is 4. The molecule has 1 fully saturated rings. The molecule has 0 aliphatic heterocycles. The fourth-order valence-electron chi connectivity index (χ4n) is 1.91. The van der Waals surface area contributed by atoms with Crippen LogP contribution in [0, 0.1) is 5.92 Å². The Labute approximate surface area is 113 Å². The highest BCUT2D eigenvalue weighted by atomic mass is 79.9. The zero-order chi connectivity index (χ0) is 12.5. The van der Waals surface area contributed by atoms with Gasteiger partial charge in [-0.2, -0.15) is 4.98 Å². The third-order valence-corrected chi connectivity index (χ3v) is 3.59. The molecule has 1 aromatic carbocycles. The lowest BCUT2D eigenvalue weighted by Crippen LogP contribution is -2.12. The van der Waals surface area contributed by atoms with Gasteiger partial charge in [-0.05, 0) is 30.9 Å². The molecule has 94 valence electrons. The SMILES string of the molecule is OC(Cc1nc(-c2cccc(Br)c2)no1)C1CC1. The summed E-state index contributed by atoms with van der Waals surface area (Å²) in [5.41, 5.74) is 0.903. The molecule has 0 amide bonds. The van der Waals surface area contributed by atoms with Gasteiger partial charge in [0.25, 0.3) is 0 Å². The molecular weight excluding hydrogens is 296 g/mol. The third-order valence-electron chi connectivity index (χ3n) is 3.10. The van der Waals surface area contributed by atoms with Crippen molar-refractivity contribution in [1.82, 2.24) is 10.1 Å². The maximum absolute atomic E-state index is 9.83. The molecule has 3 rings (SSSR count). The first-order valence-electron chi connectivity index (χ1n) is 5.99. The zero-order valence-corrected chi connectivity index (χ0v) is 11.3. The number of aliphatic hydroxyl groups excluding tert-OH is 1. The maximum Gasteiger partial charge on any atom is 0.229 e. The van der Waals surface area contributed by atoms with E-state index in [9.17, 15) is 5.11 Å². The van der Waals surface area contributed by atoms with Crippen molar-refractivity contribution in [3.8, 4) is 11.4 Å². The highest BCUT2D eigenvalue weighted by Gasteiger charge is 2.31. The van der Waals surface area contributed by atoms with Crippen LogP contribution in [-0.2, 0) is 6.42 Å². The Kier molecular flexibility index (Phi) is 3.18. The minimum absolute atomic E-state index is 0.346. The summed E-state index contributed by atoms with van der Waals surface area (Å²) >= 11 is 3.41. The molecule has 2 aromatic rings. The van der Waals surface area contributed by atoms with E-state index in [4.69, 9.17) is 4.52 Å². The van der Waals surface area contributed by atoms with Gasteiger partial charge < -0.3 is 9.63 Å². The first-order chi connectivity index (χ1) is 8.72. The summed E-state index contributed by atoms with van der Waals surface area (Å²) < 4.78 is 6.15. The summed E-state index contributed by atoms with van der Waals surface area (Å²) in [5, 5.41) is 13.8. The largest absolute Gasteiger partial charge is 0.392 e. The van der Waals surface area contributed by atoms with Gasteiger partial charge in [-0.3, -0.25) is 0 Å². The van der Waals surface area contributed by atoms with Crippen LogP contribution in [0.3, 0.4) is 0 Å². The van der Waals surface area contributed by atoms with Crippen molar-refractivity contribution in [2.75, 3.05) is 0 Å². The number of hydrogen-bond donors (Lipinski definition) is 1. The van der Waals surface area contributed by atoms with Crippen molar-refractivity contribution >= 4 is 15.9 Å². The number of halogens is 1. The molecule has 5 heteroatoms. The van der Waals surface area contributed by atoms with E-state index in [1.807, 2.05) is 24.3 Å². The van der Waals surface area contributed by atoms with Crippen LogP contribution in [-0.4, -0.2) is 21.4 Å². The van der Waals surface area contributed by atoms with Gasteiger partial charge >= 0.3 is 0 Å². The molecule has 0 spiro atoms. The molecule has 18 heavy (non-hydrogen) atoms. The van der Waals surface area contributed by atoms with E-state index >= 15 is 0 Å². The van der Waals surface area contributed by atoms with E-state index in [0.29, 0.717) is 24.1 Å². The Morgan fingerprint density at radius 2 is 2.28 bits per heavy atom. The van der Waals surface area contributed by atoms with Crippen molar-refractivity contribution < 1.29 is 9.63 Å². The monoisotopic (exact) mass is 308 g/mol. The highest BCUT2D eigenvalue weighted by molar-refractivity contribution is 9.10. The molecule has 0 radical (unpaired) electrons. The number of aromatic nitrogens is 2. The van der Waals surface area contributed by atoms with Gasteiger partial charge in [-0.25, -0.2) is 0 Å². The zero-order valence-electron chi connectivity index (χ0n) is 9.71. The van der Waals surface area contributed by atoms with Gasteiger partial charge in [0.2, 0.25) is 11.7 Å². The van der Waals surface area contributed by atoms with Crippen molar-refractivity contribution in [1.29, 1.82) is 0 Å². The maximum atomic E-state index is 9.83. The van der Waals surface area contributed by atoms with Crippen LogP contribution in [0.25, 0.3) is 11.4 Å². The van der Waals surface area contributed by atoms with Crippen LogP contribution in [0.4, 0.5) is 0 Å². The number of benzene rings is 1. The van der Waals surface area contributed by atoms with Crippen molar-refractivity contribution in [3.63, 3.8) is 0 Å². The summed E-state index contributed by atoms with van der Waals surface area (Å²) in [6.45, 7) is 0. The van der Waals surface area contributed by atoms with Crippen LogP contribution in [0.5, 0.6) is 0 Å². The molecule has 1 aromatic heterocycles.